The van der Waals surface area contributed by atoms with Crippen LogP contribution in [0.1, 0.15) is 11.1 Å². The summed E-state index contributed by atoms with van der Waals surface area (Å²) in [5, 5.41) is 8.27. The third kappa shape index (κ3) is 3.52. The molecule has 1 N–H and O–H groups in total. The van der Waals surface area contributed by atoms with E-state index in [0.29, 0.717) is 11.4 Å². The molecule has 0 amide bonds. The highest BCUT2D eigenvalue weighted by molar-refractivity contribution is 6.32. The third-order valence-corrected chi connectivity index (χ3v) is 3.76. The van der Waals surface area contributed by atoms with E-state index in [-0.39, 0.29) is 5.02 Å². The summed E-state index contributed by atoms with van der Waals surface area (Å²) in [6.45, 7) is 2.02. The van der Waals surface area contributed by atoms with Gasteiger partial charge in [-0.15, -0.1) is 0 Å². The lowest BCUT2D eigenvalue weighted by Gasteiger charge is -2.07. The van der Waals surface area contributed by atoms with Crippen LogP contribution in [0.4, 0.5) is 5.69 Å². The molecule has 3 aromatic rings. The number of hydrazone groups is 1. The summed E-state index contributed by atoms with van der Waals surface area (Å²) in [6.07, 6.45) is 3.13. The molecule has 3 rings (SSSR count). The number of aryl methyl sites for hydroxylation is 1. The van der Waals surface area contributed by atoms with Crippen molar-refractivity contribution < 1.29 is 0 Å². The van der Waals surface area contributed by atoms with Crippen LogP contribution in [0.15, 0.2) is 70.7 Å². The van der Waals surface area contributed by atoms with Gasteiger partial charge in [0, 0.05) is 0 Å². The summed E-state index contributed by atoms with van der Waals surface area (Å²) >= 11 is 6.14. The van der Waals surface area contributed by atoms with Gasteiger partial charge in [0.1, 0.15) is 10.7 Å². The molecule has 24 heavy (non-hydrogen) atoms. The van der Waals surface area contributed by atoms with Crippen LogP contribution in [0.5, 0.6) is 0 Å². The molecule has 0 aliphatic heterocycles. The van der Waals surface area contributed by atoms with Crippen LogP contribution >= 0.6 is 11.6 Å². The molecule has 0 radical (unpaired) electrons. The smallest absolute Gasteiger partial charge is 0.275 e. The van der Waals surface area contributed by atoms with Crippen molar-refractivity contribution in [2.45, 2.75) is 6.92 Å². The molecule has 0 spiro atoms. The number of benzene rings is 2. The summed E-state index contributed by atoms with van der Waals surface area (Å²) in [5.41, 5.74) is 5.48. The predicted octanol–water partition coefficient (Wildman–Crippen LogP) is 3.64. The highest BCUT2D eigenvalue weighted by atomic mass is 35.5. The molecule has 5 nitrogen and oxygen atoms in total. The molecular formula is C18H15ClN4O. The number of para-hydroxylation sites is 1. The molecule has 0 atom stereocenters. The first-order valence-corrected chi connectivity index (χ1v) is 7.72. The van der Waals surface area contributed by atoms with Gasteiger partial charge in [0.15, 0.2) is 0 Å². The number of aromatic nitrogens is 2. The highest BCUT2D eigenvalue weighted by Gasteiger charge is 2.09. The summed E-state index contributed by atoms with van der Waals surface area (Å²) < 4.78 is 1.25. The van der Waals surface area contributed by atoms with E-state index in [1.807, 2.05) is 49.4 Å². The van der Waals surface area contributed by atoms with Crippen molar-refractivity contribution in [1.29, 1.82) is 0 Å². The van der Waals surface area contributed by atoms with E-state index in [9.17, 15) is 4.79 Å². The van der Waals surface area contributed by atoms with Gasteiger partial charge < -0.3 is 0 Å². The van der Waals surface area contributed by atoms with Gasteiger partial charge in [-0.2, -0.15) is 14.9 Å². The van der Waals surface area contributed by atoms with E-state index in [2.05, 4.69) is 15.6 Å². The summed E-state index contributed by atoms with van der Waals surface area (Å²) in [5.74, 6) is 0. The second-order valence-electron chi connectivity index (χ2n) is 5.21. The molecule has 2 aromatic carbocycles. The Hall–Kier alpha value is -2.92. The first-order valence-electron chi connectivity index (χ1n) is 7.34. The SMILES string of the molecule is Cc1ccc(/C=N\Nc2cnn(-c3ccccc3)c(=O)c2Cl)cc1. The van der Waals surface area contributed by atoms with E-state index in [4.69, 9.17) is 11.6 Å². The predicted molar refractivity (Wildman–Crippen MR) is 97.2 cm³/mol. The lowest BCUT2D eigenvalue weighted by atomic mass is 10.2. The zero-order chi connectivity index (χ0) is 16.9. The molecule has 0 aliphatic rings. The van der Waals surface area contributed by atoms with Crippen molar-refractivity contribution in [3.05, 3.63) is 87.3 Å². The Bertz CT molecular complexity index is 918. The van der Waals surface area contributed by atoms with Gasteiger partial charge in [-0.1, -0.05) is 59.6 Å². The average Bonchev–Trinajstić information content (AvgIpc) is 2.61. The van der Waals surface area contributed by atoms with Crippen molar-refractivity contribution in [1.82, 2.24) is 9.78 Å². The van der Waals surface area contributed by atoms with Crippen LogP contribution in [0.2, 0.25) is 5.02 Å². The molecule has 0 unspecified atom stereocenters. The Morgan fingerprint density at radius 3 is 2.54 bits per heavy atom. The van der Waals surface area contributed by atoms with Gasteiger partial charge in [0.2, 0.25) is 0 Å². The van der Waals surface area contributed by atoms with Crippen molar-refractivity contribution in [2.75, 3.05) is 5.43 Å². The number of rotatable bonds is 4. The molecule has 1 heterocycles. The van der Waals surface area contributed by atoms with Crippen molar-refractivity contribution in [3.63, 3.8) is 0 Å². The summed E-state index contributed by atoms with van der Waals surface area (Å²) in [4.78, 5) is 12.3. The molecule has 0 saturated heterocycles. The minimum atomic E-state index is -0.404. The fourth-order valence-electron chi connectivity index (χ4n) is 2.09. The molecule has 0 aliphatic carbocycles. The van der Waals surface area contributed by atoms with E-state index in [1.54, 1.807) is 18.3 Å². The first-order chi connectivity index (χ1) is 11.6. The Labute approximate surface area is 144 Å². The van der Waals surface area contributed by atoms with Crippen LogP contribution in [-0.4, -0.2) is 16.0 Å². The Balaban J connectivity index is 1.81. The number of anilines is 1. The fraction of sp³-hybridized carbons (Fsp3) is 0.0556. The lowest BCUT2D eigenvalue weighted by molar-refractivity contribution is 0.808. The van der Waals surface area contributed by atoms with Crippen molar-refractivity contribution >= 4 is 23.5 Å². The van der Waals surface area contributed by atoms with Gasteiger partial charge >= 0.3 is 0 Å². The fourth-order valence-corrected chi connectivity index (χ4v) is 2.26. The van der Waals surface area contributed by atoms with Crippen LogP contribution in [0.3, 0.4) is 0 Å². The van der Waals surface area contributed by atoms with Crippen LogP contribution < -0.4 is 11.0 Å². The normalized spacial score (nSPS) is 10.9. The van der Waals surface area contributed by atoms with Crippen LogP contribution in [0, 0.1) is 6.92 Å². The van der Waals surface area contributed by atoms with E-state index in [1.165, 1.54) is 16.4 Å². The number of hydrogen-bond acceptors (Lipinski definition) is 4. The number of halogens is 1. The second kappa shape index (κ2) is 7.10. The quantitative estimate of drug-likeness (QED) is 0.583. The molecule has 0 fully saturated rings. The maximum absolute atomic E-state index is 12.3. The van der Waals surface area contributed by atoms with Crippen LogP contribution in [0.25, 0.3) is 5.69 Å². The van der Waals surface area contributed by atoms with Crippen LogP contribution in [-0.2, 0) is 0 Å². The first kappa shape index (κ1) is 16.0. The minimum absolute atomic E-state index is 0.0370. The third-order valence-electron chi connectivity index (χ3n) is 3.40. The highest BCUT2D eigenvalue weighted by Crippen LogP contribution is 2.16. The molecule has 0 bridgehead atoms. The molecular weight excluding hydrogens is 324 g/mol. The summed E-state index contributed by atoms with van der Waals surface area (Å²) in [7, 11) is 0. The van der Waals surface area contributed by atoms with Gasteiger partial charge in [-0.3, -0.25) is 10.2 Å². The second-order valence-corrected chi connectivity index (χ2v) is 5.58. The molecule has 120 valence electrons. The number of nitrogens with zero attached hydrogens (tertiary/aromatic N) is 3. The minimum Gasteiger partial charge on any atom is -0.275 e. The van der Waals surface area contributed by atoms with E-state index in [0.717, 1.165) is 5.56 Å². The Morgan fingerprint density at radius 2 is 1.83 bits per heavy atom. The zero-order valence-electron chi connectivity index (χ0n) is 13.0. The maximum Gasteiger partial charge on any atom is 0.292 e. The monoisotopic (exact) mass is 338 g/mol. The van der Waals surface area contributed by atoms with Gasteiger partial charge in [-0.05, 0) is 24.6 Å². The number of nitrogens with one attached hydrogen (secondary N) is 1. The molecule has 0 saturated carbocycles. The van der Waals surface area contributed by atoms with Crippen molar-refractivity contribution in [2.24, 2.45) is 5.10 Å². The summed E-state index contributed by atoms with van der Waals surface area (Å²) in [6, 6.07) is 17.0. The average molecular weight is 339 g/mol. The zero-order valence-corrected chi connectivity index (χ0v) is 13.7. The largest absolute Gasteiger partial charge is 0.292 e. The van der Waals surface area contributed by atoms with Gasteiger partial charge in [0.05, 0.1) is 18.1 Å². The van der Waals surface area contributed by atoms with E-state index < -0.39 is 5.56 Å². The molecule has 6 heteroatoms. The molecule has 1 aromatic heterocycles. The topological polar surface area (TPSA) is 59.3 Å². The van der Waals surface area contributed by atoms with Gasteiger partial charge in [0.25, 0.3) is 5.56 Å². The number of hydrogen-bond donors (Lipinski definition) is 1. The Kier molecular flexibility index (Phi) is 4.72. The standard InChI is InChI=1S/C18H15ClN4O/c1-13-7-9-14(10-8-13)11-20-22-16-12-21-23(18(24)17(16)19)15-5-3-2-4-6-15/h2-12,22H,1H3/b20-11-. The van der Waals surface area contributed by atoms with Gasteiger partial charge in [-0.25, -0.2) is 0 Å². The van der Waals surface area contributed by atoms with Crippen molar-refractivity contribution in [3.8, 4) is 5.69 Å². The Morgan fingerprint density at radius 1 is 1.12 bits per heavy atom. The maximum atomic E-state index is 12.3. The lowest BCUT2D eigenvalue weighted by Crippen LogP contribution is -2.22. The van der Waals surface area contributed by atoms with E-state index >= 15 is 0 Å².